The monoisotopic (exact) mass is 270 g/mol. The second-order valence-electron chi connectivity index (χ2n) is 5.20. The van der Waals surface area contributed by atoms with Crippen LogP contribution in [0, 0.1) is 5.82 Å². The highest BCUT2D eigenvalue weighted by molar-refractivity contribution is 6.30. The van der Waals surface area contributed by atoms with Gasteiger partial charge >= 0.3 is 0 Å². The van der Waals surface area contributed by atoms with Gasteiger partial charge in [0.1, 0.15) is 5.82 Å². The third-order valence-electron chi connectivity index (χ3n) is 3.82. The van der Waals surface area contributed by atoms with Crippen molar-refractivity contribution in [3.05, 3.63) is 34.6 Å². The third kappa shape index (κ3) is 3.22. The Hall–Kier alpha value is -0.640. The van der Waals surface area contributed by atoms with Crippen molar-refractivity contribution < 1.29 is 4.39 Å². The molecule has 0 aliphatic heterocycles. The number of rotatable bonds is 3. The molecule has 2 nitrogen and oxygen atoms in total. The molecule has 0 aromatic heterocycles. The van der Waals surface area contributed by atoms with Gasteiger partial charge in [0.15, 0.2) is 0 Å². The highest BCUT2D eigenvalue weighted by Gasteiger charge is 2.22. The zero-order valence-corrected chi connectivity index (χ0v) is 11.5. The van der Waals surface area contributed by atoms with Crippen LogP contribution >= 0.6 is 11.6 Å². The van der Waals surface area contributed by atoms with Crippen LogP contribution in [0.2, 0.25) is 5.02 Å². The summed E-state index contributed by atoms with van der Waals surface area (Å²) >= 11 is 5.79. The Morgan fingerprint density at radius 2 is 2.00 bits per heavy atom. The Bertz CT molecular complexity index is 403. The van der Waals surface area contributed by atoms with Crippen LogP contribution in [0.5, 0.6) is 0 Å². The van der Waals surface area contributed by atoms with Crippen molar-refractivity contribution in [1.29, 1.82) is 0 Å². The third-order valence-corrected chi connectivity index (χ3v) is 4.11. The van der Waals surface area contributed by atoms with Gasteiger partial charge in [-0.2, -0.15) is 0 Å². The average Bonchev–Trinajstić information content (AvgIpc) is 2.36. The number of nitrogens with two attached hydrogens (primary N) is 1. The highest BCUT2D eigenvalue weighted by Crippen LogP contribution is 2.24. The molecule has 0 unspecified atom stereocenters. The van der Waals surface area contributed by atoms with Crippen LogP contribution in [0.3, 0.4) is 0 Å². The van der Waals surface area contributed by atoms with Gasteiger partial charge in [0.2, 0.25) is 0 Å². The normalized spacial score (nSPS) is 24.5. The van der Waals surface area contributed by atoms with Gasteiger partial charge in [-0.1, -0.05) is 23.7 Å². The quantitative estimate of drug-likeness (QED) is 0.914. The minimum atomic E-state index is -0.293. The van der Waals surface area contributed by atoms with E-state index in [2.05, 4.69) is 4.90 Å². The Morgan fingerprint density at radius 1 is 1.33 bits per heavy atom. The lowest BCUT2D eigenvalue weighted by Crippen LogP contribution is -2.38. The minimum Gasteiger partial charge on any atom is -0.328 e. The molecule has 1 aliphatic carbocycles. The van der Waals surface area contributed by atoms with Crippen LogP contribution in [0.1, 0.15) is 31.2 Å². The summed E-state index contributed by atoms with van der Waals surface area (Å²) in [4.78, 5) is 2.21. The SMILES string of the molecule is CN(Cc1cccc(Cl)c1F)C1CCC(N)CC1. The Kier molecular flexibility index (Phi) is 4.60. The van der Waals surface area contributed by atoms with E-state index in [0.29, 0.717) is 24.2 Å². The summed E-state index contributed by atoms with van der Waals surface area (Å²) in [6.07, 6.45) is 4.32. The molecule has 1 saturated carbocycles. The fraction of sp³-hybridized carbons (Fsp3) is 0.571. The maximum Gasteiger partial charge on any atom is 0.146 e. The molecular formula is C14H20ClFN2. The van der Waals surface area contributed by atoms with Crippen molar-refractivity contribution in [3.8, 4) is 0 Å². The number of halogens is 2. The predicted molar refractivity (Wildman–Crippen MR) is 73.1 cm³/mol. The topological polar surface area (TPSA) is 29.3 Å². The van der Waals surface area contributed by atoms with Crippen LogP contribution in [-0.2, 0) is 6.54 Å². The van der Waals surface area contributed by atoms with Crippen molar-refractivity contribution in [1.82, 2.24) is 4.90 Å². The summed E-state index contributed by atoms with van der Waals surface area (Å²) in [7, 11) is 2.04. The molecule has 0 radical (unpaired) electrons. The molecule has 0 saturated heterocycles. The van der Waals surface area contributed by atoms with E-state index in [-0.39, 0.29) is 10.8 Å². The van der Waals surface area contributed by atoms with Crippen molar-refractivity contribution in [3.63, 3.8) is 0 Å². The van der Waals surface area contributed by atoms with Crippen LogP contribution in [0.15, 0.2) is 18.2 Å². The van der Waals surface area contributed by atoms with Gasteiger partial charge in [0, 0.05) is 24.2 Å². The van der Waals surface area contributed by atoms with Gasteiger partial charge < -0.3 is 5.73 Å². The highest BCUT2D eigenvalue weighted by atomic mass is 35.5. The van der Waals surface area contributed by atoms with Gasteiger partial charge in [0.05, 0.1) is 5.02 Å². The lowest BCUT2D eigenvalue weighted by atomic mass is 9.91. The molecule has 2 rings (SSSR count). The summed E-state index contributed by atoms with van der Waals surface area (Å²) in [5.41, 5.74) is 6.56. The molecule has 0 bridgehead atoms. The first-order valence-electron chi connectivity index (χ1n) is 6.46. The number of nitrogens with zero attached hydrogens (tertiary/aromatic N) is 1. The van der Waals surface area contributed by atoms with Gasteiger partial charge in [0.25, 0.3) is 0 Å². The second kappa shape index (κ2) is 6.00. The van der Waals surface area contributed by atoms with Crippen LogP contribution in [-0.4, -0.2) is 24.0 Å². The maximum atomic E-state index is 13.8. The summed E-state index contributed by atoms with van der Waals surface area (Å²) in [5, 5.41) is 0.201. The molecule has 0 heterocycles. The van der Waals surface area contributed by atoms with E-state index in [1.54, 1.807) is 18.2 Å². The molecule has 0 spiro atoms. The van der Waals surface area contributed by atoms with E-state index in [9.17, 15) is 4.39 Å². The van der Waals surface area contributed by atoms with E-state index in [0.717, 1.165) is 25.7 Å². The first kappa shape index (κ1) is 13.8. The zero-order valence-electron chi connectivity index (χ0n) is 10.7. The smallest absolute Gasteiger partial charge is 0.146 e. The van der Waals surface area contributed by atoms with Crippen molar-refractivity contribution >= 4 is 11.6 Å². The molecule has 1 fully saturated rings. The fourth-order valence-electron chi connectivity index (χ4n) is 2.61. The van der Waals surface area contributed by atoms with Gasteiger partial charge in [-0.15, -0.1) is 0 Å². The van der Waals surface area contributed by atoms with E-state index in [1.807, 2.05) is 7.05 Å². The molecule has 1 aliphatic rings. The van der Waals surface area contributed by atoms with E-state index >= 15 is 0 Å². The van der Waals surface area contributed by atoms with Crippen molar-refractivity contribution in [2.45, 2.75) is 44.3 Å². The first-order valence-corrected chi connectivity index (χ1v) is 6.84. The summed E-state index contributed by atoms with van der Waals surface area (Å²) in [6.45, 7) is 0.603. The Labute approximate surface area is 113 Å². The standard InChI is InChI=1S/C14H20ClFN2/c1-18(12-7-5-11(17)6-8-12)9-10-3-2-4-13(15)14(10)16/h2-4,11-12H,5-9,17H2,1H3. The number of hydrogen-bond donors (Lipinski definition) is 1. The Morgan fingerprint density at radius 3 is 2.67 bits per heavy atom. The Balaban J connectivity index is 1.98. The maximum absolute atomic E-state index is 13.8. The molecule has 0 amide bonds. The van der Waals surface area contributed by atoms with Crippen LogP contribution in [0.4, 0.5) is 4.39 Å². The molecule has 1 aromatic rings. The minimum absolute atomic E-state index is 0.201. The fourth-order valence-corrected chi connectivity index (χ4v) is 2.80. The van der Waals surface area contributed by atoms with Crippen molar-refractivity contribution in [2.75, 3.05) is 7.05 Å². The second-order valence-corrected chi connectivity index (χ2v) is 5.60. The number of benzene rings is 1. The average molecular weight is 271 g/mol. The van der Waals surface area contributed by atoms with Crippen molar-refractivity contribution in [2.24, 2.45) is 5.73 Å². The predicted octanol–water partition coefficient (Wildman–Crippen LogP) is 3.18. The molecular weight excluding hydrogens is 251 g/mol. The lowest BCUT2D eigenvalue weighted by molar-refractivity contribution is 0.174. The summed E-state index contributed by atoms with van der Waals surface area (Å²) in [6, 6.07) is 6.03. The van der Waals surface area contributed by atoms with Crippen LogP contribution < -0.4 is 5.73 Å². The van der Waals surface area contributed by atoms with Gasteiger partial charge in [-0.05, 0) is 38.8 Å². The molecule has 4 heteroatoms. The van der Waals surface area contributed by atoms with Gasteiger partial charge in [-0.25, -0.2) is 4.39 Å². The van der Waals surface area contributed by atoms with E-state index in [1.165, 1.54) is 0 Å². The summed E-state index contributed by atoms with van der Waals surface area (Å²) < 4.78 is 13.8. The molecule has 1 aromatic carbocycles. The summed E-state index contributed by atoms with van der Waals surface area (Å²) in [5.74, 6) is -0.293. The first-order chi connectivity index (χ1) is 8.58. The zero-order chi connectivity index (χ0) is 13.1. The largest absolute Gasteiger partial charge is 0.328 e. The molecule has 0 atom stereocenters. The van der Waals surface area contributed by atoms with Gasteiger partial charge in [-0.3, -0.25) is 4.90 Å². The van der Waals surface area contributed by atoms with Crippen LogP contribution in [0.25, 0.3) is 0 Å². The lowest BCUT2D eigenvalue weighted by Gasteiger charge is -2.33. The molecule has 18 heavy (non-hydrogen) atoms. The number of hydrogen-bond acceptors (Lipinski definition) is 2. The molecule has 2 N–H and O–H groups in total. The van der Waals surface area contributed by atoms with E-state index < -0.39 is 0 Å². The van der Waals surface area contributed by atoms with E-state index in [4.69, 9.17) is 17.3 Å². The molecule has 100 valence electrons.